The quantitative estimate of drug-likeness (QED) is 0.687. The van der Waals surface area contributed by atoms with Gasteiger partial charge in [-0.2, -0.15) is 5.10 Å². The molecule has 0 radical (unpaired) electrons. The number of hydrogen-bond acceptors (Lipinski definition) is 2. The van der Waals surface area contributed by atoms with Crippen LogP contribution in [-0.4, -0.2) is 24.3 Å². The fourth-order valence-electron chi connectivity index (χ4n) is 2.59. The van der Waals surface area contributed by atoms with Gasteiger partial charge in [-0.1, -0.05) is 29.5 Å². The molecule has 0 aliphatic rings. The van der Waals surface area contributed by atoms with Gasteiger partial charge in [-0.05, 0) is 36.8 Å². The van der Waals surface area contributed by atoms with Gasteiger partial charge in [0.2, 0.25) is 0 Å². The Bertz CT molecular complexity index is 742. The van der Waals surface area contributed by atoms with Crippen molar-refractivity contribution in [2.75, 3.05) is 0 Å². The number of benzene rings is 2. The van der Waals surface area contributed by atoms with E-state index in [9.17, 15) is 8.78 Å². The summed E-state index contributed by atoms with van der Waals surface area (Å²) in [6.07, 6.45) is 3.15. The van der Waals surface area contributed by atoms with E-state index in [1.165, 1.54) is 30.6 Å². The van der Waals surface area contributed by atoms with E-state index in [0.717, 1.165) is 10.8 Å². The van der Waals surface area contributed by atoms with Crippen molar-refractivity contribution in [2.45, 2.75) is 12.1 Å². The number of hydrogen-bond donors (Lipinski definition) is 0. The Kier molecular flexibility index (Phi) is 3.85. The molecule has 112 valence electrons. The second-order valence-corrected chi connectivity index (χ2v) is 7.97. The molecule has 3 nitrogen and oxygen atoms in total. The highest BCUT2D eigenvalue weighted by Gasteiger charge is 2.30. The molecular formula is C16H15F2N3Si. The van der Waals surface area contributed by atoms with Crippen molar-refractivity contribution in [2.24, 2.45) is 0 Å². The minimum Gasteiger partial charge on any atom is -0.246 e. The maximum atomic E-state index is 13.2. The van der Waals surface area contributed by atoms with Gasteiger partial charge in [0.1, 0.15) is 24.3 Å². The van der Waals surface area contributed by atoms with Crippen LogP contribution in [0, 0.1) is 11.6 Å². The van der Waals surface area contributed by atoms with E-state index in [0.29, 0.717) is 0 Å². The van der Waals surface area contributed by atoms with Gasteiger partial charge in [0.15, 0.2) is 0 Å². The van der Waals surface area contributed by atoms with E-state index < -0.39 is 14.7 Å². The van der Waals surface area contributed by atoms with E-state index in [1.807, 2.05) is 0 Å². The second kappa shape index (κ2) is 5.80. The SMILES string of the molecule is CC([SiH2]c1ccc(F)cc1)(c1ccc(F)cc1)n1cncn1. The Hall–Kier alpha value is -2.34. The summed E-state index contributed by atoms with van der Waals surface area (Å²) in [6.45, 7) is 2.06. The van der Waals surface area contributed by atoms with Crippen molar-refractivity contribution in [3.63, 3.8) is 0 Å². The Morgan fingerprint density at radius 3 is 2.09 bits per heavy atom. The zero-order chi connectivity index (χ0) is 15.6. The molecule has 0 saturated carbocycles. The molecule has 0 spiro atoms. The lowest BCUT2D eigenvalue weighted by molar-refractivity contribution is 0.492. The van der Waals surface area contributed by atoms with E-state index >= 15 is 0 Å². The molecule has 1 atom stereocenters. The van der Waals surface area contributed by atoms with Crippen LogP contribution in [0.5, 0.6) is 0 Å². The van der Waals surface area contributed by atoms with Gasteiger partial charge in [-0.3, -0.25) is 0 Å². The third-order valence-electron chi connectivity index (χ3n) is 3.85. The Balaban J connectivity index is 2.03. The second-order valence-electron chi connectivity index (χ2n) is 5.42. The van der Waals surface area contributed by atoms with E-state index in [-0.39, 0.29) is 11.6 Å². The van der Waals surface area contributed by atoms with E-state index in [4.69, 9.17) is 0 Å². The van der Waals surface area contributed by atoms with E-state index in [1.54, 1.807) is 35.3 Å². The Labute approximate surface area is 129 Å². The summed E-state index contributed by atoms with van der Waals surface area (Å²) in [5.41, 5.74) is 0.968. The molecule has 1 unspecified atom stereocenters. The van der Waals surface area contributed by atoms with Crippen LogP contribution >= 0.6 is 0 Å². The van der Waals surface area contributed by atoms with Gasteiger partial charge in [-0.25, -0.2) is 18.4 Å². The third-order valence-corrected chi connectivity index (χ3v) is 6.15. The van der Waals surface area contributed by atoms with Crippen LogP contribution in [0.4, 0.5) is 8.78 Å². The first-order valence-corrected chi connectivity index (χ1v) is 8.35. The molecule has 1 aromatic heterocycles. The highest BCUT2D eigenvalue weighted by Crippen LogP contribution is 2.24. The standard InChI is InChI=1S/C16H15F2N3Si/c1-16(21-11-19-10-20-21,12-2-4-13(17)5-3-12)22-15-8-6-14(18)7-9-15/h2-11H,22H2,1H3. The molecule has 3 aromatic rings. The van der Waals surface area contributed by atoms with Crippen molar-refractivity contribution in [1.82, 2.24) is 14.8 Å². The van der Waals surface area contributed by atoms with Crippen molar-refractivity contribution >= 4 is 14.7 Å². The Morgan fingerprint density at radius 1 is 0.955 bits per heavy atom. The zero-order valence-electron chi connectivity index (χ0n) is 12.1. The van der Waals surface area contributed by atoms with Crippen LogP contribution < -0.4 is 5.19 Å². The zero-order valence-corrected chi connectivity index (χ0v) is 13.5. The van der Waals surface area contributed by atoms with Gasteiger partial charge in [0, 0.05) is 0 Å². The Morgan fingerprint density at radius 2 is 1.55 bits per heavy atom. The number of nitrogens with zero attached hydrogens (tertiary/aromatic N) is 3. The predicted octanol–water partition coefficient (Wildman–Crippen LogP) is 1.77. The minimum absolute atomic E-state index is 0.248. The van der Waals surface area contributed by atoms with Gasteiger partial charge >= 0.3 is 0 Å². The molecule has 0 amide bonds. The number of halogens is 2. The average Bonchev–Trinajstić information content (AvgIpc) is 3.05. The fraction of sp³-hybridized carbons (Fsp3) is 0.125. The average molecular weight is 315 g/mol. The normalized spacial score (nSPS) is 14.3. The molecule has 1 heterocycles. The summed E-state index contributed by atoms with van der Waals surface area (Å²) in [6, 6.07) is 13.0. The van der Waals surface area contributed by atoms with Crippen LogP contribution in [0.25, 0.3) is 0 Å². The van der Waals surface area contributed by atoms with Crippen molar-refractivity contribution in [1.29, 1.82) is 0 Å². The number of aromatic nitrogens is 3. The molecule has 0 aliphatic carbocycles. The minimum atomic E-state index is -0.918. The van der Waals surface area contributed by atoms with Crippen LogP contribution in [0.2, 0.25) is 0 Å². The largest absolute Gasteiger partial charge is 0.246 e. The summed E-state index contributed by atoms with van der Waals surface area (Å²) >= 11 is 0. The molecular weight excluding hydrogens is 300 g/mol. The topological polar surface area (TPSA) is 30.7 Å². The lowest BCUT2D eigenvalue weighted by Crippen LogP contribution is -2.44. The lowest BCUT2D eigenvalue weighted by Gasteiger charge is -2.30. The molecule has 2 aromatic carbocycles. The third kappa shape index (κ3) is 2.82. The molecule has 0 saturated heterocycles. The van der Waals surface area contributed by atoms with Crippen LogP contribution in [0.1, 0.15) is 12.5 Å². The molecule has 0 fully saturated rings. The summed E-state index contributed by atoms with van der Waals surface area (Å²) in [5.74, 6) is -0.518. The maximum absolute atomic E-state index is 13.2. The summed E-state index contributed by atoms with van der Waals surface area (Å²) < 4.78 is 28.1. The predicted molar refractivity (Wildman–Crippen MR) is 83.8 cm³/mol. The van der Waals surface area contributed by atoms with Crippen molar-refractivity contribution in [3.05, 3.63) is 78.4 Å². The van der Waals surface area contributed by atoms with Gasteiger partial charge < -0.3 is 0 Å². The van der Waals surface area contributed by atoms with Gasteiger partial charge in [0.05, 0.1) is 14.7 Å². The molecule has 22 heavy (non-hydrogen) atoms. The molecule has 3 rings (SSSR count). The monoisotopic (exact) mass is 315 g/mol. The lowest BCUT2D eigenvalue weighted by atomic mass is 10.1. The molecule has 6 heteroatoms. The molecule has 0 bridgehead atoms. The smallest absolute Gasteiger partial charge is 0.137 e. The van der Waals surface area contributed by atoms with E-state index in [2.05, 4.69) is 17.0 Å². The molecule has 0 aliphatic heterocycles. The van der Waals surface area contributed by atoms with Crippen molar-refractivity contribution in [3.8, 4) is 0 Å². The highest BCUT2D eigenvalue weighted by molar-refractivity contribution is 6.56. The van der Waals surface area contributed by atoms with Gasteiger partial charge in [0.25, 0.3) is 0 Å². The van der Waals surface area contributed by atoms with Gasteiger partial charge in [-0.15, -0.1) is 0 Å². The fourth-order valence-corrected chi connectivity index (χ4v) is 4.62. The van der Waals surface area contributed by atoms with Crippen LogP contribution in [0.15, 0.2) is 61.2 Å². The first-order chi connectivity index (χ1) is 10.6. The first kappa shape index (κ1) is 14.6. The highest BCUT2D eigenvalue weighted by atomic mass is 28.2. The number of rotatable bonds is 4. The van der Waals surface area contributed by atoms with Crippen molar-refractivity contribution < 1.29 is 8.78 Å². The summed E-state index contributed by atoms with van der Waals surface area (Å²) in [7, 11) is -0.918. The van der Waals surface area contributed by atoms with Crippen LogP contribution in [-0.2, 0) is 5.16 Å². The summed E-state index contributed by atoms with van der Waals surface area (Å²) in [4.78, 5) is 4.03. The van der Waals surface area contributed by atoms with Crippen LogP contribution in [0.3, 0.4) is 0 Å². The first-order valence-electron chi connectivity index (χ1n) is 6.93. The molecule has 0 N–H and O–H groups in total. The maximum Gasteiger partial charge on any atom is 0.137 e. The summed E-state index contributed by atoms with van der Waals surface area (Å²) in [5, 5.41) is 4.97.